The van der Waals surface area contributed by atoms with Crippen LogP contribution in [-0.2, 0) is 0 Å². The molecule has 6 heteroatoms. The second kappa shape index (κ2) is 4.88. The van der Waals surface area contributed by atoms with E-state index in [2.05, 4.69) is 18.2 Å². The van der Waals surface area contributed by atoms with Gasteiger partial charge in [0.05, 0.1) is 11.8 Å². The second-order valence-electron chi connectivity index (χ2n) is 4.36. The van der Waals surface area contributed by atoms with Crippen LogP contribution in [0.5, 0.6) is 0 Å². The number of hydrogen-bond donors (Lipinski definition) is 0. The lowest BCUT2D eigenvalue weighted by atomic mass is 10.2. The minimum absolute atomic E-state index is 0.753. The van der Waals surface area contributed by atoms with E-state index in [1.807, 2.05) is 0 Å². The van der Waals surface area contributed by atoms with Crippen molar-refractivity contribution in [2.24, 2.45) is 0 Å². The Morgan fingerprint density at radius 2 is 1.24 bits per heavy atom. The summed E-state index contributed by atoms with van der Waals surface area (Å²) >= 11 is 0. The summed E-state index contributed by atoms with van der Waals surface area (Å²) in [5.74, 6) is 3.95. The molecule has 17 heavy (non-hydrogen) atoms. The average Bonchev–Trinajstić information content (AvgIpc) is 3.08. The first-order chi connectivity index (χ1) is 7.93. The van der Waals surface area contributed by atoms with Gasteiger partial charge in [-0.25, -0.2) is 23.1 Å². The van der Waals surface area contributed by atoms with E-state index in [1.165, 1.54) is 37.2 Å². The Hall–Kier alpha value is -0.720. The summed E-state index contributed by atoms with van der Waals surface area (Å²) < 4.78 is 39.8. The molecule has 2 fully saturated rings. The molecule has 2 saturated carbocycles. The highest BCUT2D eigenvalue weighted by atomic mass is 35.7. The van der Waals surface area contributed by atoms with Gasteiger partial charge in [-0.1, -0.05) is 0 Å². The summed E-state index contributed by atoms with van der Waals surface area (Å²) in [6.07, 6.45) is 5.32. The maximum absolute atomic E-state index is 8.49. The molecule has 0 unspecified atom stereocenters. The molecule has 0 atom stereocenters. The van der Waals surface area contributed by atoms with E-state index in [-0.39, 0.29) is 0 Å². The molecule has 2 aliphatic rings. The highest BCUT2D eigenvalue weighted by Gasteiger charge is 2.38. The van der Waals surface area contributed by atoms with E-state index in [0.717, 1.165) is 11.8 Å². The summed E-state index contributed by atoms with van der Waals surface area (Å²) in [6, 6.07) is 6.40. The zero-order valence-electron chi connectivity index (χ0n) is 9.13. The van der Waals surface area contributed by atoms with Crippen molar-refractivity contribution in [3.05, 3.63) is 29.7 Å². The zero-order chi connectivity index (χ0) is 12.5. The molecule has 1 heterocycles. The van der Waals surface area contributed by atoms with Crippen molar-refractivity contribution in [3.63, 3.8) is 0 Å². The molecule has 0 N–H and O–H groups in total. The maximum atomic E-state index is 8.49. The largest absolute Gasteiger partial charge is 0.332 e. The van der Waals surface area contributed by atoms with Gasteiger partial charge < -0.3 is 0 Å². The number of rotatable bonds is 2. The van der Waals surface area contributed by atoms with Crippen molar-refractivity contribution >= 4 is 0 Å². The molecule has 5 nitrogen and oxygen atoms in total. The van der Waals surface area contributed by atoms with E-state index in [9.17, 15) is 0 Å². The predicted molar refractivity (Wildman–Crippen MR) is 47.1 cm³/mol. The third kappa shape index (κ3) is 4.97. The second-order valence-corrected chi connectivity index (χ2v) is 5.12. The van der Waals surface area contributed by atoms with Crippen LogP contribution in [0.4, 0.5) is 0 Å². The normalized spacial score (nSPS) is 19.5. The third-order valence-electron chi connectivity index (χ3n) is 2.72. The van der Waals surface area contributed by atoms with Crippen LogP contribution in [0.1, 0.15) is 49.0 Å². The Morgan fingerprint density at radius 3 is 1.53 bits per heavy atom. The summed E-state index contributed by atoms with van der Waals surface area (Å²) in [6.45, 7) is 0. The fourth-order valence-electron chi connectivity index (χ4n) is 1.62. The minimum atomic E-state index is -4.94. The van der Waals surface area contributed by atoms with Crippen LogP contribution in [0, 0.1) is 10.2 Å². The topological polar surface area (TPSA) is 104 Å². The quantitative estimate of drug-likeness (QED) is 0.606. The lowest BCUT2D eigenvalue weighted by Crippen LogP contribution is -2.68. The predicted octanol–water partition coefficient (Wildman–Crippen LogP) is -1.44. The Labute approximate surface area is 101 Å². The van der Waals surface area contributed by atoms with Crippen molar-refractivity contribution in [1.29, 1.82) is 0 Å². The lowest BCUT2D eigenvalue weighted by molar-refractivity contribution is -2.00. The molecule has 0 saturated heterocycles. The summed E-state index contributed by atoms with van der Waals surface area (Å²) in [4.78, 5) is 0. The van der Waals surface area contributed by atoms with Crippen LogP contribution in [0.25, 0.3) is 0 Å². The molecule has 1 aromatic rings. The summed E-state index contributed by atoms with van der Waals surface area (Å²) in [5.41, 5.74) is 0. The van der Waals surface area contributed by atoms with E-state index < -0.39 is 10.2 Å². The van der Waals surface area contributed by atoms with E-state index in [1.54, 1.807) is 0 Å². The van der Waals surface area contributed by atoms with Gasteiger partial charge in [0.1, 0.15) is 0 Å². The van der Waals surface area contributed by atoms with E-state index >= 15 is 0 Å². The van der Waals surface area contributed by atoms with Crippen LogP contribution in [0.3, 0.4) is 0 Å². The molecule has 0 radical (unpaired) electrons. The van der Waals surface area contributed by atoms with Crippen molar-refractivity contribution < 1.29 is 33.3 Å². The molecular weight excluding hydrogens is 248 g/mol. The molecule has 0 bridgehead atoms. The molecule has 0 spiro atoms. The molecule has 94 valence electrons. The van der Waals surface area contributed by atoms with Gasteiger partial charge in [-0.2, -0.15) is 0 Å². The molecule has 3 rings (SSSR count). The van der Waals surface area contributed by atoms with Crippen LogP contribution in [0.15, 0.2) is 22.6 Å². The fourth-order valence-corrected chi connectivity index (χ4v) is 1.62. The van der Waals surface area contributed by atoms with Gasteiger partial charge in [0, 0.05) is 12.1 Å². The van der Waals surface area contributed by atoms with Crippen LogP contribution < -0.4 is 18.6 Å². The summed E-state index contributed by atoms with van der Waals surface area (Å²) in [5, 5.41) is 0. The fraction of sp³-hybridized carbons (Fsp3) is 0.545. The average molecular weight is 261 g/mol. The van der Waals surface area contributed by atoms with Crippen LogP contribution in [-0.4, -0.2) is 0 Å². The molecular formula is C11H13ClO5. The van der Waals surface area contributed by atoms with Gasteiger partial charge in [0.2, 0.25) is 0 Å². The first-order valence-corrected chi connectivity index (χ1v) is 6.71. The van der Waals surface area contributed by atoms with Crippen molar-refractivity contribution in [3.8, 4) is 0 Å². The van der Waals surface area contributed by atoms with Gasteiger partial charge in [0.15, 0.2) is 0 Å². The van der Waals surface area contributed by atoms with Crippen molar-refractivity contribution in [2.75, 3.05) is 0 Å². The lowest BCUT2D eigenvalue weighted by Gasteiger charge is -2.17. The highest BCUT2D eigenvalue weighted by Crippen LogP contribution is 2.44. The van der Waals surface area contributed by atoms with Gasteiger partial charge in [-0.05, 0) is 31.7 Å². The number of halogens is 1. The summed E-state index contributed by atoms with van der Waals surface area (Å²) in [7, 11) is -4.94. The van der Waals surface area contributed by atoms with E-state index in [4.69, 9.17) is 23.1 Å². The molecule has 1 aromatic heterocycles. The Bertz CT molecular complexity index is 348. The van der Waals surface area contributed by atoms with Gasteiger partial charge >= 0.3 is 11.5 Å². The third-order valence-corrected chi connectivity index (χ3v) is 2.72. The monoisotopic (exact) mass is 260 g/mol. The molecule has 0 aromatic carbocycles. The van der Waals surface area contributed by atoms with Gasteiger partial charge in [0.25, 0.3) is 0 Å². The highest BCUT2D eigenvalue weighted by molar-refractivity contribution is 5.18. The Morgan fingerprint density at radius 1 is 0.882 bits per heavy atom. The van der Waals surface area contributed by atoms with Crippen molar-refractivity contribution in [2.45, 2.75) is 37.5 Å². The zero-order valence-corrected chi connectivity index (χ0v) is 9.89. The Kier molecular flexibility index (Phi) is 3.65. The smallest absolute Gasteiger partial charge is 0.222 e. The SMILES string of the molecule is [O-][Cl+3]([O-])([O-])[O-].c1cc(C2CC2)[o+]c(C2CC2)c1. The standard InChI is InChI=1S/C11H13O.ClHO4/c1-2-10(8-4-5-8)12-11(3-1)9-6-7-9;2-1(3,4)5/h1-3,8-9H,4-7H2;(H,2,3,4,5)/q+1;/p-1. The molecule has 0 amide bonds. The first kappa shape index (κ1) is 12.7. The van der Waals surface area contributed by atoms with Crippen LogP contribution in [0.2, 0.25) is 0 Å². The molecule has 0 aliphatic heterocycles. The Balaban J connectivity index is 0.000000188. The maximum Gasteiger partial charge on any atom is 0.332 e. The molecule has 2 aliphatic carbocycles. The van der Waals surface area contributed by atoms with Crippen molar-refractivity contribution in [1.82, 2.24) is 0 Å². The number of hydrogen-bond acceptors (Lipinski definition) is 4. The minimum Gasteiger partial charge on any atom is -0.222 e. The first-order valence-electron chi connectivity index (χ1n) is 5.48. The van der Waals surface area contributed by atoms with Crippen LogP contribution >= 0.6 is 0 Å². The van der Waals surface area contributed by atoms with Gasteiger partial charge in [-0.3, -0.25) is 0 Å². The van der Waals surface area contributed by atoms with Gasteiger partial charge in [-0.15, -0.1) is 10.2 Å². The van der Waals surface area contributed by atoms with E-state index in [0.29, 0.717) is 0 Å².